The Hall–Kier alpha value is -0.330. The van der Waals surface area contributed by atoms with Gasteiger partial charge in [0.15, 0.2) is 0 Å². The first kappa shape index (κ1) is 15.7. The molecule has 0 radical (unpaired) electrons. The van der Waals surface area contributed by atoms with Crippen molar-refractivity contribution in [1.82, 2.24) is 10.2 Å². The van der Waals surface area contributed by atoms with Gasteiger partial charge in [0, 0.05) is 39.4 Å². The lowest BCUT2D eigenvalue weighted by Crippen LogP contribution is -2.29. The number of hydrogen-bond acceptors (Lipinski definition) is 4. The Bertz CT molecular complexity index is 279. The Morgan fingerprint density at radius 2 is 2.33 bits per heavy atom. The summed E-state index contributed by atoms with van der Waals surface area (Å²) in [7, 11) is 3.56. The zero-order chi connectivity index (χ0) is 13.4. The van der Waals surface area contributed by atoms with E-state index in [1.165, 1.54) is 0 Å². The Morgan fingerprint density at radius 3 is 2.94 bits per heavy atom. The normalized spacial score (nSPS) is 18.7. The summed E-state index contributed by atoms with van der Waals surface area (Å²) in [6.45, 7) is 1.68. The third kappa shape index (κ3) is 6.56. The number of ether oxygens (including phenoxy) is 1. The molecule has 1 aliphatic heterocycles. The second-order valence-corrected chi connectivity index (χ2v) is 6.32. The van der Waals surface area contributed by atoms with Crippen molar-refractivity contribution in [1.29, 1.82) is 0 Å². The van der Waals surface area contributed by atoms with E-state index in [0.717, 1.165) is 42.5 Å². The molecule has 1 saturated heterocycles. The van der Waals surface area contributed by atoms with Gasteiger partial charge in [0.25, 0.3) is 0 Å². The molecule has 6 heteroatoms. The van der Waals surface area contributed by atoms with Crippen molar-refractivity contribution < 1.29 is 9.53 Å². The standard InChI is InChI=1S/C12H22N2O2S2/c1-14(2)11(15)6-4-8-18-12(17)13-9-10-5-3-7-16-10/h10H,3-9H2,1-2H3,(H,13,17). The highest BCUT2D eigenvalue weighted by Gasteiger charge is 2.15. The van der Waals surface area contributed by atoms with E-state index in [4.69, 9.17) is 17.0 Å². The number of amides is 1. The summed E-state index contributed by atoms with van der Waals surface area (Å²) in [5.74, 6) is 1.06. The number of thiocarbonyl (C=S) groups is 1. The van der Waals surface area contributed by atoms with Gasteiger partial charge in [0.05, 0.1) is 6.10 Å². The first-order valence-electron chi connectivity index (χ1n) is 6.32. The average molecular weight is 290 g/mol. The molecule has 1 fully saturated rings. The minimum Gasteiger partial charge on any atom is -0.376 e. The third-order valence-corrected chi connectivity index (χ3v) is 4.16. The van der Waals surface area contributed by atoms with E-state index in [2.05, 4.69) is 5.32 Å². The van der Waals surface area contributed by atoms with Crippen molar-refractivity contribution in [2.45, 2.75) is 31.8 Å². The quantitative estimate of drug-likeness (QED) is 0.595. The van der Waals surface area contributed by atoms with Crippen molar-refractivity contribution in [3.63, 3.8) is 0 Å². The molecular weight excluding hydrogens is 268 g/mol. The maximum absolute atomic E-state index is 11.3. The molecule has 0 aliphatic carbocycles. The van der Waals surface area contributed by atoms with Crippen LogP contribution in [0.15, 0.2) is 0 Å². The molecule has 1 atom stereocenters. The van der Waals surface area contributed by atoms with Gasteiger partial charge in [-0.25, -0.2) is 0 Å². The molecule has 1 N–H and O–H groups in total. The van der Waals surface area contributed by atoms with Crippen molar-refractivity contribution in [3.05, 3.63) is 0 Å². The van der Waals surface area contributed by atoms with Crippen LogP contribution in [-0.2, 0) is 9.53 Å². The van der Waals surface area contributed by atoms with E-state index in [1.807, 2.05) is 0 Å². The van der Waals surface area contributed by atoms with Gasteiger partial charge < -0.3 is 15.0 Å². The molecule has 1 rings (SSSR count). The van der Waals surface area contributed by atoms with Gasteiger partial charge in [-0.1, -0.05) is 24.0 Å². The Kier molecular flexibility index (Phi) is 7.62. The number of carbonyl (C=O) groups excluding carboxylic acids is 1. The van der Waals surface area contributed by atoms with Crippen molar-refractivity contribution in [3.8, 4) is 0 Å². The highest BCUT2D eigenvalue weighted by atomic mass is 32.2. The van der Waals surface area contributed by atoms with Gasteiger partial charge in [-0.05, 0) is 19.3 Å². The van der Waals surface area contributed by atoms with Gasteiger partial charge in [0.1, 0.15) is 4.32 Å². The van der Waals surface area contributed by atoms with E-state index in [9.17, 15) is 4.79 Å². The van der Waals surface area contributed by atoms with Crippen LogP contribution in [0.3, 0.4) is 0 Å². The maximum Gasteiger partial charge on any atom is 0.222 e. The van der Waals surface area contributed by atoms with Crippen LogP contribution in [0, 0.1) is 0 Å². The summed E-state index contributed by atoms with van der Waals surface area (Å²) >= 11 is 6.83. The van der Waals surface area contributed by atoms with Gasteiger partial charge in [0.2, 0.25) is 5.91 Å². The Labute approximate surface area is 119 Å². The predicted octanol–water partition coefficient (Wildman–Crippen LogP) is 1.64. The molecule has 1 amide bonds. The van der Waals surface area contributed by atoms with Crippen molar-refractivity contribution >= 4 is 34.2 Å². The summed E-state index contributed by atoms with van der Waals surface area (Å²) in [6, 6.07) is 0. The highest BCUT2D eigenvalue weighted by Crippen LogP contribution is 2.12. The summed E-state index contributed by atoms with van der Waals surface area (Å²) in [6.07, 6.45) is 4.05. The predicted molar refractivity (Wildman–Crippen MR) is 80.0 cm³/mol. The summed E-state index contributed by atoms with van der Waals surface area (Å²) < 4.78 is 6.31. The Balaban J connectivity index is 1.97. The monoisotopic (exact) mass is 290 g/mol. The minimum atomic E-state index is 0.175. The second-order valence-electron chi connectivity index (χ2n) is 4.54. The fourth-order valence-electron chi connectivity index (χ4n) is 1.67. The molecule has 0 aromatic carbocycles. The number of nitrogens with zero attached hydrogens (tertiary/aromatic N) is 1. The molecule has 0 bridgehead atoms. The number of carbonyl (C=O) groups is 1. The largest absolute Gasteiger partial charge is 0.376 e. The van der Waals surface area contributed by atoms with E-state index < -0.39 is 0 Å². The fraction of sp³-hybridized carbons (Fsp3) is 0.833. The van der Waals surface area contributed by atoms with E-state index in [0.29, 0.717) is 12.5 Å². The van der Waals surface area contributed by atoms with Crippen molar-refractivity contribution in [2.24, 2.45) is 0 Å². The second kappa shape index (κ2) is 8.72. The van der Waals surface area contributed by atoms with Crippen LogP contribution < -0.4 is 5.32 Å². The van der Waals surface area contributed by atoms with Gasteiger partial charge >= 0.3 is 0 Å². The SMILES string of the molecule is CN(C)C(=O)CCCSC(=S)NCC1CCCO1. The number of rotatable bonds is 6. The zero-order valence-corrected chi connectivity index (χ0v) is 12.7. The van der Waals surface area contributed by atoms with Crippen molar-refractivity contribution in [2.75, 3.05) is 33.0 Å². The lowest BCUT2D eigenvalue weighted by atomic mass is 10.2. The number of nitrogens with one attached hydrogen (secondary N) is 1. The lowest BCUT2D eigenvalue weighted by molar-refractivity contribution is -0.128. The van der Waals surface area contributed by atoms with Crippen LogP contribution >= 0.6 is 24.0 Å². The summed E-state index contributed by atoms with van der Waals surface area (Å²) in [4.78, 5) is 13.0. The number of hydrogen-bond donors (Lipinski definition) is 1. The topological polar surface area (TPSA) is 41.6 Å². The fourth-order valence-corrected chi connectivity index (χ4v) is 2.66. The molecular formula is C12H22N2O2S2. The lowest BCUT2D eigenvalue weighted by Gasteiger charge is -2.12. The van der Waals surface area contributed by atoms with Crippen LogP contribution in [0.25, 0.3) is 0 Å². The van der Waals surface area contributed by atoms with Crippen LogP contribution in [0.1, 0.15) is 25.7 Å². The average Bonchev–Trinajstić information content (AvgIpc) is 2.84. The van der Waals surface area contributed by atoms with Gasteiger partial charge in [-0.3, -0.25) is 4.79 Å². The van der Waals surface area contributed by atoms with E-state index in [-0.39, 0.29) is 5.91 Å². The van der Waals surface area contributed by atoms with Crippen LogP contribution in [0.5, 0.6) is 0 Å². The molecule has 1 aliphatic rings. The van der Waals surface area contributed by atoms with Crippen LogP contribution in [0.4, 0.5) is 0 Å². The van der Waals surface area contributed by atoms with Gasteiger partial charge in [-0.2, -0.15) is 0 Å². The molecule has 0 aromatic rings. The molecule has 1 unspecified atom stereocenters. The minimum absolute atomic E-state index is 0.175. The van der Waals surface area contributed by atoms with E-state index in [1.54, 1.807) is 30.8 Å². The van der Waals surface area contributed by atoms with E-state index >= 15 is 0 Å². The molecule has 18 heavy (non-hydrogen) atoms. The first-order valence-corrected chi connectivity index (χ1v) is 7.71. The zero-order valence-electron chi connectivity index (χ0n) is 11.1. The number of thioether (sulfide) groups is 1. The smallest absolute Gasteiger partial charge is 0.222 e. The molecule has 4 nitrogen and oxygen atoms in total. The molecule has 0 aromatic heterocycles. The highest BCUT2D eigenvalue weighted by molar-refractivity contribution is 8.22. The molecule has 1 heterocycles. The Morgan fingerprint density at radius 1 is 1.56 bits per heavy atom. The first-order chi connectivity index (χ1) is 8.59. The molecule has 0 saturated carbocycles. The summed E-state index contributed by atoms with van der Waals surface area (Å²) in [5.41, 5.74) is 0. The third-order valence-electron chi connectivity index (χ3n) is 2.76. The maximum atomic E-state index is 11.3. The molecule has 104 valence electrons. The van der Waals surface area contributed by atoms with Crippen LogP contribution in [0.2, 0.25) is 0 Å². The molecule has 0 spiro atoms. The van der Waals surface area contributed by atoms with Gasteiger partial charge in [-0.15, -0.1) is 0 Å². The van der Waals surface area contributed by atoms with Crippen LogP contribution in [-0.4, -0.2) is 54.2 Å². The summed E-state index contributed by atoms with van der Waals surface area (Å²) in [5, 5.41) is 3.21.